The van der Waals surface area contributed by atoms with Gasteiger partial charge in [-0.3, -0.25) is 4.79 Å². The number of aliphatic hydroxyl groups excluding tert-OH is 1. The first-order valence-electron chi connectivity index (χ1n) is 7.55. The number of aliphatic hydroxyl groups is 1. The van der Waals surface area contributed by atoms with E-state index in [1.165, 1.54) is 31.4 Å². The number of rotatable bonds is 5. The summed E-state index contributed by atoms with van der Waals surface area (Å²) in [5.41, 5.74) is 2.06. The number of benzene rings is 1. The summed E-state index contributed by atoms with van der Waals surface area (Å²) in [5.74, 6) is -0.0402. The van der Waals surface area contributed by atoms with Crippen LogP contribution >= 0.6 is 0 Å². The number of carbonyl (C=O) groups is 1. The van der Waals surface area contributed by atoms with Crippen LogP contribution in [0.1, 0.15) is 38.5 Å². The maximum Gasteiger partial charge on any atom is 0.224 e. The molecule has 0 bridgehead atoms. The fraction of sp³-hybridized carbons (Fsp3) is 0.562. The first-order valence-corrected chi connectivity index (χ1v) is 7.55. The molecule has 1 aliphatic heterocycles. The zero-order valence-corrected chi connectivity index (χ0v) is 12.0. The molecule has 4 heteroatoms. The molecular formula is C16H24N2O2. The Labute approximate surface area is 120 Å². The summed E-state index contributed by atoms with van der Waals surface area (Å²) < 4.78 is 0. The number of nitrogens with one attached hydrogen (secondary N) is 1. The van der Waals surface area contributed by atoms with Gasteiger partial charge >= 0.3 is 0 Å². The van der Waals surface area contributed by atoms with Crippen molar-refractivity contribution in [2.45, 2.75) is 38.5 Å². The largest absolute Gasteiger partial charge is 0.396 e. The smallest absolute Gasteiger partial charge is 0.224 e. The molecule has 0 atom stereocenters. The zero-order chi connectivity index (χ0) is 14.2. The minimum atomic E-state index is -0.0402. The molecule has 1 aliphatic rings. The van der Waals surface area contributed by atoms with E-state index < -0.39 is 0 Å². The summed E-state index contributed by atoms with van der Waals surface area (Å²) in [6, 6.07) is 8.06. The topological polar surface area (TPSA) is 52.6 Å². The molecule has 0 aliphatic carbocycles. The van der Waals surface area contributed by atoms with Gasteiger partial charge in [0.1, 0.15) is 0 Å². The van der Waals surface area contributed by atoms with E-state index in [1.54, 1.807) is 0 Å². The van der Waals surface area contributed by atoms with Gasteiger partial charge in [-0.15, -0.1) is 0 Å². The van der Waals surface area contributed by atoms with E-state index in [0.717, 1.165) is 18.8 Å². The van der Waals surface area contributed by atoms with Gasteiger partial charge in [0, 0.05) is 37.5 Å². The highest BCUT2D eigenvalue weighted by atomic mass is 16.3. The van der Waals surface area contributed by atoms with Gasteiger partial charge < -0.3 is 15.3 Å². The van der Waals surface area contributed by atoms with E-state index in [1.807, 2.05) is 12.1 Å². The molecule has 1 aromatic carbocycles. The molecule has 4 nitrogen and oxygen atoms in total. The highest BCUT2D eigenvalue weighted by molar-refractivity contribution is 5.90. The van der Waals surface area contributed by atoms with Crippen LogP contribution in [0.25, 0.3) is 0 Å². The third kappa shape index (κ3) is 4.53. The van der Waals surface area contributed by atoms with Crippen LogP contribution in [0.5, 0.6) is 0 Å². The van der Waals surface area contributed by atoms with Crippen molar-refractivity contribution >= 4 is 17.3 Å². The minimum absolute atomic E-state index is 0.0402. The third-order valence-corrected chi connectivity index (χ3v) is 3.68. The molecular weight excluding hydrogens is 252 g/mol. The summed E-state index contributed by atoms with van der Waals surface area (Å²) >= 11 is 0. The highest BCUT2D eigenvalue weighted by Crippen LogP contribution is 2.21. The zero-order valence-electron chi connectivity index (χ0n) is 12.0. The number of hydrogen-bond acceptors (Lipinski definition) is 3. The van der Waals surface area contributed by atoms with Gasteiger partial charge in [0.2, 0.25) is 5.91 Å². The summed E-state index contributed by atoms with van der Waals surface area (Å²) in [6.45, 7) is 2.31. The Morgan fingerprint density at radius 2 is 1.75 bits per heavy atom. The van der Waals surface area contributed by atoms with E-state index in [9.17, 15) is 4.79 Å². The second kappa shape index (κ2) is 7.90. The van der Waals surface area contributed by atoms with Crippen molar-refractivity contribution in [2.24, 2.45) is 0 Å². The predicted octanol–water partition coefficient (Wildman–Crippen LogP) is 2.78. The molecule has 20 heavy (non-hydrogen) atoms. The number of anilines is 2. The molecule has 1 saturated heterocycles. The Morgan fingerprint density at radius 1 is 1.10 bits per heavy atom. The Hall–Kier alpha value is -1.55. The SMILES string of the molecule is O=C(CCCO)Nc1ccc(N2CCCCCC2)cc1. The number of hydrogen-bond donors (Lipinski definition) is 2. The van der Waals surface area contributed by atoms with Crippen LogP contribution < -0.4 is 10.2 Å². The summed E-state index contributed by atoms with van der Waals surface area (Å²) in [6.07, 6.45) is 6.06. The number of carbonyl (C=O) groups excluding carboxylic acids is 1. The van der Waals surface area contributed by atoms with Crippen molar-refractivity contribution in [2.75, 3.05) is 29.9 Å². The van der Waals surface area contributed by atoms with Crippen LogP contribution in [-0.4, -0.2) is 30.7 Å². The Morgan fingerprint density at radius 3 is 2.35 bits per heavy atom. The molecule has 1 heterocycles. The molecule has 2 rings (SSSR count). The number of amides is 1. The van der Waals surface area contributed by atoms with Crippen molar-refractivity contribution < 1.29 is 9.90 Å². The van der Waals surface area contributed by atoms with Gasteiger partial charge in [-0.25, -0.2) is 0 Å². The van der Waals surface area contributed by atoms with Crippen LogP contribution in [0.2, 0.25) is 0 Å². The molecule has 0 radical (unpaired) electrons. The lowest BCUT2D eigenvalue weighted by Crippen LogP contribution is -2.23. The Balaban J connectivity index is 1.90. The Kier molecular flexibility index (Phi) is 5.87. The van der Waals surface area contributed by atoms with Crippen molar-refractivity contribution in [3.05, 3.63) is 24.3 Å². The second-order valence-corrected chi connectivity index (χ2v) is 5.32. The van der Waals surface area contributed by atoms with Crippen molar-refractivity contribution in [3.63, 3.8) is 0 Å². The fourth-order valence-electron chi connectivity index (χ4n) is 2.55. The third-order valence-electron chi connectivity index (χ3n) is 3.68. The molecule has 0 aromatic heterocycles. The average molecular weight is 276 g/mol. The predicted molar refractivity (Wildman–Crippen MR) is 82.1 cm³/mol. The van der Waals surface area contributed by atoms with E-state index in [4.69, 9.17) is 5.11 Å². The summed E-state index contributed by atoms with van der Waals surface area (Å²) in [4.78, 5) is 14.0. The molecule has 1 aromatic rings. The van der Waals surface area contributed by atoms with E-state index in [0.29, 0.717) is 12.8 Å². The molecule has 2 N–H and O–H groups in total. The van der Waals surface area contributed by atoms with Crippen molar-refractivity contribution in [3.8, 4) is 0 Å². The maximum absolute atomic E-state index is 11.6. The van der Waals surface area contributed by atoms with Gasteiger partial charge in [0.25, 0.3) is 0 Å². The molecule has 1 amide bonds. The van der Waals surface area contributed by atoms with Crippen LogP contribution in [0.3, 0.4) is 0 Å². The van der Waals surface area contributed by atoms with Crippen LogP contribution in [-0.2, 0) is 4.79 Å². The lowest BCUT2D eigenvalue weighted by molar-refractivity contribution is -0.116. The summed E-state index contributed by atoms with van der Waals surface area (Å²) in [5, 5.41) is 11.5. The van der Waals surface area contributed by atoms with Gasteiger partial charge in [-0.05, 0) is 43.5 Å². The minimum Gasteiger partial charge on any atom is -0.396 e. The molecule has 0 unspecified atom stereocenters. The monoisotopic (exact) mass is 276 g/mol. The van der Waals surface area contributed by atoms with Crippen LogP contribution in [0.4, 0.5) is 11.4 Å². The first kappa shape index (κ1) is 14.9. The van der Waals surface area contributed by atoms with Crippen molar-refractivity contribution in [1.82, 2.24) is 0 Å². The van der Waals surface area contributed by atoms with Gasteiger partial charge in [-0.1, -0.05) is 12.8 Å². The van der Waals surface area contributed by atoms with Crippen molar-refractivity contribution in [1.29, 1.82) is 0 Å². The average Bonchev–Trinajstić information content (AvgIpc) is 2.75. The standard InChI is InChI=1S/C16H24N2O2/c19-13-5-6-16(20)17-14-7-9-15(10-8-14)18-11-3-1-2-4-12-18/h7-10,19H,1-6,11-13H2,(H,17,20). The lowest BCUT2D eigenvalue weighted by atomic mass is 10.2. The van der Waals surface area contributed by atoms with Gasteiger partial charge in [0.15, 0.2) is 0 Å². The quantitative estimate of drug-likeness (QED) is 0.869. The molecule has 0 spiro atoms. The van der Waals surface area contributed by atoms with E-state index in [2.05, 4.69) is 22.3 Å². The van der Waals surface area contributed by atoms with E-state index >= 15 is 0 Å². The first-order chi connectivity index (χ1) is 9.79. The fourth-order valence-corrected chi connectivity index (χ4v) is 2.55. The number of nitrogens with zero attached hydrogens (tertiary/aromatic N) is 1. The van der Waals surface area contributed by atoms with Gasteiger partial charge in [0.05, 0.1) is 0 Å². The maximum atomic E-state index is 11.6. The molecule has 1 fully saturated rings. The molecule has 110 valence electrons. The van der Waals surface area contributed by atoms with E-state index in [-0.39, 0.29) is 12.5 Å². The lowest BCUT2D eigenvalue weighted by Gasteiger charge is -2.22. The highest BCUT2D eigenvalue weighted by Gasteiger charge is 2.10. The van der Waals surface area contributed by atoms with Crippen LogP contribution in [0, 0.1) is 0 Å². The van der Waals surface area contributed by atoms with Crippen LogP contribution in [0.15, 0.2) is 24.3 Å². The van der Waals surface area contributed by atoms with Gasteiger partial charge in [-0.2, -0.15) is 0 Å². The summed E-state index contributed by atoms with van der Waals surface area (Å²) in [7, 11) is 0. The normalized spacial score (nSPS) is 15.8. The Bertz CT molecular complexity index is 409. The second-order valence-electron chi connectivity index (χ2n) is 5.32. The molecule has 0 saturated carbocycles.